The van der Waals surface area contributed by atoms with Crippen molar-refractivity contribution in [2.45, 2.75) is 20.3 Å². The van der Waals surface area contributed by atoms with Crippen LogP contribution in [0, 0.1) is 0 Å². The van der Waals surface area contributed by atoms with E-state index in [9.17, 15) is 4.79 Å². The first kappa shape index (κ1) is 17.5. The van der Waals surface area contributed by atoms with Crippen LogP contribution in [0.25, 0.3) is 0 Å². The summed E-state index contributed by atoms with van der Waals surface area (Å²) in [5, 5.41) is 4.15. The van der Waals surface area contributed by atoms with Crippen molar-refractivity contribution in [1.29, 1.82) is 0 Å². The fourth-order valence-corrected chi connectivity index (χ4v) is 2.14. The van der Waals surface area contributed by atoms with Gasteiger partial charge in [-0.2, -0.15) is 5.10 Å². The van der Waals surface area contributed by atoms with Crippen molar-refractivity contribution < 1.29 is 14.3 Å². The fourth-order valence-electron chi connectivity index (χ4n) is 2.14. The minimum atomic E-state index is -0.162. The van der Waals surface area contributed by atoms with E-state index in [2.05, 4.69) is 10.5 Å². The van der Waals surface area contributed by atoms with Gasteiger partial charge in [0.25, 0.3) is 0 Å². The van der Waals surface area contributed by atoms with Gasteiger partial charge in [0.05, 0.1) is 25.8 Å². The molecule has 0 heterocycles. The Labute approximate surface area is 142 Å². The maximum absolute atomic E-state index is 12.0. The summed E-state index contributed by atoms with van der Waals surface area (Å²) in [5.41, 5.74) is 5.16. The lowest BCUT2D eigenvalue weighted by Gasteiger charge is -2.06. The molecule has 1 N–H and O–H groups in total. The van der Waals surface area contributed by atoms with E-state index in [0.29, 0.717) is 6.61 Å². The molecular formula is C19H22N2O3. The molecule has 2 rings (SSSR count). The Balaban J connectivity index is 1.91. The lowest BCUT2D eigenvalue weighted by atomic mass is 10.1. The van der Waals surface area contributed by atoms with Gasteiger partial charge < -0.3 is 9.47 Å². The van der Waals surface area contributed by atoms with Gasteiger partial charge in [0.15, 0.2) is 0 Å². The van der Waals surface area contributed by atoms with Crippen LogP contribution >= 0.6 is 0 Å². The minimum Gasteiger partial charge on any atom is -0.497 e. The zero-order valence-electron chi connectivity index (χ0n) is 14.2. The molecule has 0 unspecified atom stereocenters. The number of hydrogen-bond acceptors (Lipinski definition) is 4. The van der Waals surface area contributed by atoms with E-state index in [-0.39, 0.29) is 12.3 Å². The highest BCUT2D eigenvalue weighted by Crippen LogP contribution is 2.13. The third kappa shape index (κ3) is 5.12. The number of nitrogens with one attached hydrogen (secondary N) is 1. The van der Waals surface area contributed by atoms with Crippen LogP contribution in [0.4, 0.5) is 0 Å². The number of rotatable bonds is 7. The molecule has 0 saturated carbocycles. The van der Waals surface area contributed by atoms with E-state index in [1.54, 1.807) is 7.11 Å². The van der Waals surface area contributed by atoms with Crippen molar-refractivity contribution in [1.82, 2.24) is 5.43 Å². The van der Waals surface area contributed by atoms with Crippen molar-refractivity contribution in [2.75, 3.05) is 13.7 Å². The Kier molecular flexibility index (Phi) is 6.37. The summed E-state index contributed by atoms with van der Waals surface area (Å²) in [7, 11) is 1.61. The van der Waals surface area contributed by atoms with Gasteiger partial charge in [-0.05, 0) is 61.4 Å². The van der Waals surface area contributed by atoms with Crippen molar-refractivity contribution in [3.63, 3.8) is 0 Å². The van der Waals surface area contributed by atoms with E-state index >= 15 is 0 Å². The molecule has 0 spiro atoms. The number of amides is 1. The second kappa shape index (κ2) is 8.72. The van der Waals surface area contributed by atoms with Gasteiger partial charge in [0, 0.05) is 0 Å². The summed E-state index contributed by atoms with van der Waals surface area (Å²) in [6, 6.07) is 15.0. The zero-order valence-corrected chi connectivity index (χ0v) is 14.2. The van der Waals surface area contributed by atoms with Gasteiger partial charge in [0.1, 0.15) is 11.5 Å². The monoisotopic (exact) mass is 326 g/mol. The second-order valence-electron chi connectivity index (χ2n) is 5.21. The van der Waals surface area contributed by atoms with Crippen molar-refractivity contribution in [3.05, 3.63) is 59.7 Å². The fraction of sp³-hybridized carbons (Fsp3) is 0.263. The van der Waals surface area contributed by atoms with Gasteiger partial charge in [0.2, 0.25) is 5.91 Å². The Morgan fingerprint density at radius 2 is 1.67 bits per heavy atom. The summed E-state index contributed by atoms with van der Waals surface area (Å²) in [6.45, 7) is 4.43. The number of benzene rings is 2. The highest BCUT2D eigenvalue weighted by atomic mass is 16.5. The number of nitrogens with zero attached hydrogens (tertiary/aromatic N) is 1. The number of ether oxygens (including phenoxy) is 2. The first-order valence-corrected chi connectivity index (χ1v) is 7.81. The molecule has 0 fully saturated rings. The van der Waals surface area contributed by atoms with Crippen LogP contribution in [-0.2, 0) is 11.2 Å². The van der Waals surface area contributed by atoms with E-state index in [1.165, 1.54) is 0 Å². The summed E-state index contributed by atoms with van der Waals surface area (Å²) >= 11 is 0. The molecule has 2 aromatic rings. The van der Waals surface area contributed by atoms with Gasteiger partial charge >= 0.3 is 0 Å². The number of methoxy groups -OCH3 is 1. The molecular weight excluding hydrogens is 304 g/mol. The Hall–Kier alpha value is -2.82. The Morgan fingerprint density at radius 1 is 1.04 bits per heavy atom. The first-order valence-electron chi connectivity index (χ1n) is 7.81. The Morgan fingerprint density at radius 3 is 2.25 bits per heavy atom. The van der Waals surface area contributed by atoms with E-state index in [1.807, 2.05) is 62.4 Å². The summed E-state index contributed by atoms with van der Waals surface area (Å²) in [5.74, 6) is 1.42. The molecule has 1 amide bonds. The van der Waals surface area contributed by atoms with Gasteiger partial charge in [-0.25, -0.2) is 5.43 Å². The van der Waals surface area contributed by atoms with Gasteiger partial charge in [-0.3, -0.25) is 4.79 Å². The Bertz CT molecular complexity index is 692. The average Bonchev–Trinajstić information content (AvgIpc) is 2.61. The van der Waals surface area contributed by atoms with E-state index in [0.717, 1.165) is 28.3 Å². The molecule has 0 aliphatic rings. The molecule has 0 aliphatic heterocycles. The molecule has 2 aromatic carbocycles. The molecule has 24 heavy (non-hydrogen) atoms. The lowest BCUT2D eigenvalue weighted by molar-refractivity contribution is -0.120. The van der Waals surface area contributed by atoms with Gasteiger partial charge in [-0.1, -0.05) is 12.1 Å². The van der Waals surface area contributed by atoms with Crippen molar-refractivity contribution in [3.8, 4) is 11.5 Å². The molecule has 0 saturated heterocycles. The van der Waals surface area contributed by atoms with Crippen LogP contribution in [0.5, 0.6) is 11.5 Å². The highest BCUT2D eigenvalue weighted by Gasteiger charge is 2.04. The third-order valence-corrected chi connectivity index (χ3v) is 3.46. The first-order chi connectivity index (χ1) is 11.6. The third-order valence-electron chi connectivity index (χ3n) is 3.46. The minimum absolute atomic E-state index is 0.162. The standard InChI is InChI=1S/C19H22N2O3/c1-4-24-18-11-7-16(8-12-18)14(2)20-21-19(22)13-15-5-9-17(23-3)10-6-15/h5-12H,4,13H2,1-3H3,(H,21,22)/b20-14-. The molecule has 0 aliphatic carbocycles. The van der Waals surface area contributed by atoms with Crippen LogP contribution in [0.3, 0.4) is 0 Å². The number of carbonyl (C=O) groups is 1. The SMILES string of the molecule is CCOc1ccc(/C(C)=N\NC(=O)Cc2ccc(OC)cc2)cc1. The molecule has 5 heteroatoms. The normalized spacial score (nSPS) is 11.0. The molecule has 0 bridgehead atoms. The lowest BCUT2D eigenvalue weighted by Crippen LogP contribution is -2.21. The smallest absolute Gasteiger partial charge is 0.244 e. The maximum Gasteiger partial charge on any atom is 0.244 e. The van der Waals surface area contributed by atoms with Crippen molar-refractivity contribution in [2.24, 2.45) is 5.10 Å². The van der Waals surface area contributed by atoms with Crippen LogP contribution in [0.2, 0.25) is 0 Å². The van der Waals surface area contributed by atoms with Crippen LogP contribution < -0.4 is 14.9 Å². The second-order valence-corrected chi connectivity index (χ2v) is 5.21. The topological polar surface area (TPSA) is 59.9 Å². The predicted octanol–water partition coefficient (Wildman–Crippen LogP) is 3.18. The molecule has 126 valence electrons. The summed E-state index contributed by atoms with van der Waals surface area (Å²) in [4.78, 5) is 12.0. The highest BCUT2D eigenvalue weighted by molar-refractivity contribution is 5.99. The maximum atomic E-state index is 12.0. The quantitative estimate of drug-likeness (QED) is 0.628. The summed E-state index contributed by atoms with van der Waals surface area (Å²) in [6.07, 6.45) is 0.268. The molecule has 5 nitrogen and oxygen atoms in total. The van der Waals surface area contributed by atoms with E-state index in [4.69, 9.17) is 9.47 Å². The number of carbonyl (C=O) groups excluding carboxylic acids is 1. The van der Waals surface area contributed by atoms with Gasteiger partial charge in [-0.15, -0.1) is 0 Å². The van der Waals surface area contributed by atoms with Crippen LogP contribution in [0.15, 0.2) is 53.6 Å². The summed E-state index contributed by atoms with van der Waals surface area (Å²) < 4.78 is 10.5. The molecule has 0 aromatic heterocycles. The number of hydrogen-bond donors (Lipinski definition) is 1. The number of hydrazone groups is 1. The average molecular weight is 326 g/mol. The van der Waals surface area contributed by atoms with E-state index < -0.39 is 0 Å². The predicted molar refractivity (Wildman–Crippen MR) is 94.7 cm³/mol. The molecule has 0 atom stereocenters. The zero-order chi connectivity index (χ0) is 17.4. The van der Waals surface area contributed by atoms with Crippen LogP contribution in [-0.4, -0.2) is 25.3 Å². The van der Waals surface area contributed by atoms with Crippen molar-refractivity contribution >= 4 is 11.6 Å². The molecule has 0 radical (unpaired) electrons. The van der Waals surface area contributed by atoms with Crippen LogP contribution in [0.1, 0.15) is 25.0 Å². The largest absolute Gasteiger partial charge is 0.497 e.